The zero-order chi connectivity index (χ0) is 15.0. The summed E-state index contributed by atoms with van der Waals surface area (Å²) in [6.07, 6.45) is 10.8. The first-order valence-corrected chi connectivity index (χ1v) is 8.87. The van der Waals surface area contributed by atoms with Crippen LogP contribution in [0.15, 0.2) is 0 Å². The largest absolute Gasteiger partial charge is 0.330 e. The summed E-state index contributed by atoms with van der Waals surface area (Å²) in [7, 11) is 0. The standard InChI is InChI=1S/C18H38N2/c1-15-7-5-9-17(11-10-15)20-14-6-8-16(12-13-19)18(2,3)4/h15-17,20H,5-14,19H2,1-4H3. The molecule has 1 saturated carbocycles. The van der Waals surface area contributed by atoms with Gasteiger partial charge < -0.3 is 11.1 Å². The monoisotopic (exact) mass is 282 g/mol. The lowest BCUT2D eigenvalue weighted by molar-refractivity contribution is 0.209. The molecular weight excluding hydrogens is 244 g/mol. The molecule has 0 spiro atoms. The first-order chi connectivity index (χ1) is 9.43. The van der Waals surface area contributed by atoms with Crippen LogP contribution in [0.25, 0.3) is 0 Å². The SMILES string of the molecule is CC1CCCC(NCCCC(CCN)C(C)(C)C)CC1. The second-order valence-corrected chi connectivity index (χ2v) is 8.05. The van der Waals surface area contributed by atoms with Crippen molar-refractivity contribution >= 4 is 0 Å². The smallest absolute Gasteiger partial charge is 0.00671 e. The van der Waals surface area contributed by atoms with Crippen LogP contribution < -0.4 is 11.1 Å². The van der Waals surface area contributed by atoms with E-state index in [-0.39, 0.29) is 0 Å². The summed E-state index contributed by atoms with van der Waals surface area (Å²) in [5.41, 5.74) is 6.16. The number of hydrogen-bond acceptors (Lipinski definition) is 2. The van der Waals surface area contributed by atoms with E-state index in [0.717, 1.165) is 24.4 Å². The van der Waals surface area contributed by atoms with Crippen LogP contribution in [0.1, 0.15) is 79.1 Å². The molecule has 20 heavy (non-hydrogen) atoms. The fourth-order valence-corrected chi connectivity index (χ4v) is 3.56. The molecule has 0 bridgehead atoms. The first kappa shape index (κ1) is 18.0. The van der Waals surface area contributed by atoms with E-state index in [1.807, 2.05) is 0 Å². The van der Waals surface area contributed by atoms with Crippen molar-refractivity contribution in [3.8, 4) is 0 Å². The molecule has 3 unspecified atom stereocenters. The summed E-state index contributed by atoms with van der Waals surface area (Å²) < 4.78 is 0. The van der Waals surface area contributed by atoms with Crippen LogP contribution in [-0.4, -0.2) is 19.1 Å². The predicted molar refractivity (Wildman–Crippen MR) is 89.9 cm³/mol. The summed E-state index contributed by atoms with van der Waals surface area (Å²) >= 11 is 0. The van der Waals surface area contributed by atoms with Crippen LogP contribution in [0.2, 0.25) is 0 Å². The lowest BCUT2D eigenvalue weighted by atomic mass is 9.76. The van der Waals surface area contributed by atoms with Crippen LogP contribution >= 0.6 is 0 Å². The van der Waals surface area contributed by atoms with E-state index in [4.69, 9.17) is 5.73 Å². The fourth-order valence-electron chi connectivity index (χ4n) is 3.56. The lowest BCUT2D eigenvalue weighted by Gasteiger charge is -2.31. The molecular formula is C18H38N2. The van der Waals surface area contributed by atoms with E-state index in [1.54, 1.807) is 0 Å². The third-order valence-electron chi connectivity index (χ3n) is 5.16. The topological polar surface area (TPSA) is 38.0 Å². The zero-order valence-electron chi connectivity index (χ0n) is 14.4. The van der Waals surface area contributed by atoms with Gasteiger partial charge in [0.05, 0.1) is 0 Å². The first-order valence-electron chi connectivity index (χ1n) is 8.87. The van der Waals surface area contributed by atoms with Crippen molar-refractivity contribution in [3.63, 3.8) is 0 Å². The molecule has 0 aliphatic heterocycles. The van der Waals surface area contributed by atoms with Gasteiger partial charge >= 0.3 is 0 Å². The maximum Gasteiger partial charge on any atom is 0.00671 e. The minimum absolute atomic E-state index is 0.400. The Morgan fingerprint density at radius 2 is 1.85 bits per heavy atom. The predicted octanol–water partition coefficient (Wildman–Crippen LogP) is 4.34. The molecule has 0 aromatic heterocycles. The van der Waals surface area contributed by atoms with Crippen molar-refractivity contribution in [2.45, 2.75) is 85.1 Å². The third kappa shape index (κ3) is 7.08. The van der Waals surface area contributed by atoms with Gasteiger partial charge in [0.2, 0.25) is 0 Å². The van der Waals surface area contributed by atoms with Gasteiger partial charge in [0.1, 0.15) is 0 Å². The van der Waals surface area contributed by atoms with Crippen molar-refractivity contribution in [3.05, 3.63) is 0 Å². The molecule has 2 heteroatoms. The van der Waals surface area contributed by atoms with Crippen LogP contribution in [0.4, 0.5) is 0 Å². The average molecular weight is 283 g/mol. The van der Waals surface area contributed by atoms with E-state index in [9.17, 15) is 0 Å². The highest BCUT2D eigenvalue weighted by Crippen LogP contribution is 2.32. The number of nitrogens with two attached hydrogens (primary N) is 1. The van der Waals surface area contributed by atoms with Gasteiger partial charge in [-0.2, -0.15) is 0 Å². The molecule has 0 amide bonds. The fraction of sp³-hybridized carbons (Fsp3) is 1.00. The highest BCUT2D eigenvalue weighted by molar-refractivity contribution is 4.76. The summed E-state index contributed by atoms with van der Waals surface area (Å²) in [5.74, 6) is 1.71. The summed E-state index contributed by atoms with van der Waals surface area (Å²) in [5, 5.41) is 3.80. The van der Waals surface area contributed by atoms with Gasteiger partial charge in [-0.3, -0.25) is 0 Å². The minimum Gasteiger partial charge on any atom is -0.330 e. The van der Waals surface area contributed by atoms with Crippen LogP contribution in [0.5, 0.6) is 0 Å². The Kier molecular flexibility index (Phi) is 8.13. The van der Waals surface area contributed by atoms with Crippen LogP contribution in [0.3, 0.4) is 0 Å². The molecule has 1 rings (SSSR count). The second kappa shape index (κ2) is 9.04. The zero-order valence-corrected chi connectivity index (χ0v) is 14.4. The van der Waals surface area contributed by atoms with Gasteiger partial charge in [0.15, 0.2) is 0 Å². The second-order valence-electron chi connectivity index (χ2n) is 8.05. The maximum absolute atomic E-state index is 5.76. The Morgan fingerprint density at radius 1 is 1.10 bits per heavy atom. The van der Waals surface area contributed by atoms with Crippen molar-refractivity contribution in [2.24, 2.45) is 23.0 Å². The van der Waals surface area contributed by atoms with E-state index >= 15 is 0 Å². The minimum atomic E-state index is 0.400. The molecule has 1 aliphatic carbocycles. The normalized spacial score (nSPS) is 26.2. The highest BCUT2D eigenvalue weighted by Gasteiger charge is 2.23. The maximum atomic E-state index is 5.76. The Bertz CT molecular complexity index is 244. The van der Waals surface area contributed by atoms with Gasteiger partial charge in [-0.1, -0.05) is 40.5 Å². The summed E-state index contributed by atoms with van der Waals surface area (Å²) in [6.45, 7) is 11.5. The van der Waals surface area contributed by atoms with E-state index in [1.165, 1.54) is 57.9 Å². The molecule has 0 aromatic carbocycles. The van der Waals surface area contributed by atoms with Gasteiger partial charge in [0, 0.05) is 6.04 Å². The number of hydrogen-bond donors (Lipinski definition) is 2. The Hall–Kier alpha value is -0.0800. The molecule has 0 saturated heterocycles. The van der Waals surface area contributed by atoms with Crippen LogP contribution in [-0.2, 0) is 0 Å². The molecule has 2 nitrogen and oxygen atoms in total. The van der Waals surface area contributed by atoms with Gasteiger partial charge in [-0.25, -0.2) is 0 Å². The third-order valence-corrected chi connectivity index (χ3v) is 5.16. The molecule has 1 aliphatic rings. The Labute approximate surface area is 127 Å². The molecule has 3 atom stereocenters. The average Bonchev–Trinajstić information content (AvgIpc) is 2.57. The van der Waals surface area contributed by atoms with E-state index in [2.05, 4.69) is 33.0 Å². The van der Waals surface area contributed by atoms with Crippen molar-refractivity contribution in [2.75, 3.05) is 13.1 Å². The van der Waals surface area contributed by atoms with Crippen molar-refractivity contribution in [1.82, 2.24) is 5.32 Å². The molecule has 3 N–H and O–H groups in total. The molecule has 0 aromatic rings. The molecule has 0 heterocycles. The molecule has 0 radical (unpaired) electrons. The molecule has 1 fully saturated rings. The van der Waals surface area contributed by atoms with E-state index < -0.39 is 0 Å². The van der Waals surface area contributed by atoms with Crippen molar-refractivity contribution in [1.29, 1.82) is 0 Å². The summed E-state index contributed by atoms with van der Waals surface area (Å²) in [4.78, 5) is 0. The van der Waals surface area contributed by atoms with Gasteiger partial charge in [-0.05, 0) is 68.9 Å². The number of nitrogens with one attached hydrogen (secondary N) is 1. The Balaban J connectivity index is 2.19. The Morgan fingerprint density at radius 3 is 2.50 bits per heavy atom. The lowest BCUT2D eigenvalue weighted by Crippen LogP contribution is -2.30. The highest BCUT2D eigenvalue weighted by atomic mass is 14.9. The summed E-state index contributed by atoms with van der Waals surface area (Å²) in [6, 6.07) is 0.780. The van der Waals surface area contributed by atoms with E-state index in [0.29, 0.717) is 5.41 Å². The van der Waals surface area contributed by atoms with Gasteiger partial charge in [-0.15, -0.1) is 0 Å². The van der Waals surface area contributed by atoms with Crippen LogP contribution in [0, 0.1) is 17.3 Å². The number of rotatable bonds is 7. The van der Waals surface area contributed by atoms with Crippen molar-refractivity contribution < 1.29 is 0 Å². The molecule has 120 valence electrons. The van der Waals surface area contributed by atoms with Gasteiger partial charge in [0.25, 0.3) is 0 Å². The quantitative estimate of drug-likeness (QED) is 0.538.